The van der Waals surface area contributed by atoms with Crippen LogP contribution in [0.2, 0.25) is 0 Å². The molecule has 2 aromatic heterocycles. The molecule has 3 heterocycles. The third-order valence-corrected chi connectivity index (χ3v) is 7.64. The summed E-state index contributed by atoms with van der Waals surface area (Å²) < 4.78 is 4.37. The van der Waals surface area contributed by atoms with Crippen LogP contribution in [0.4, 0.5) is 5.13 Å². The van der Waals surface area contributed by atoms with Crippen molar-refractivity contribution in [1.29, 1.82) is 0 Å². The molecule has 0 radical (unpaired) electrons. The highest BCUT2D eigenvalue weighted by molar-refractivity contribution is 7.13. The number of aliphatic carboxylic acids is 1. The van der Waals surface area contributed by atoms with Gasteiger partial charge in [0.05, 0.1) is 23.9 Å². The van der Waals surface area contributed by atoms with Crippen molar-refractivity contribution in [1.82, 2.24) is 14.9 Å². The Morgan fingerprint density at radius 1 is 1.33 bits per heavy atom. The van der Waals surface area contributed by atoms with E-state index in [-0.39, 0.29) is 23.8 Å². The Morgan fingerprint density at radius 2 is 2.07 bits per heavy atom. The van der Waals surface area contributed by atoms with Crippen molar-refractivity contribution < 1.29 is 23.9 Å². The van der Waals surface area contributed by atoms with Gasteiger partial charge in [0, 0.05) is 17.3 Å². The summed E-state index contributed by atoms with van der Waals surface area (Å²) in [5.41, 5.74) is 6.92. The van der Waals surface area contributed by atoms with Gasteiger partial charge in [0.1, 0.15) is 12.3 Å². The highest BCUT2D eigenvalue weighted by Gasteiger charge is 2.40. The normalized spacial score (nSPS) is 19.3. The van der Waals surface area contributed by atoms with Gasteiger partial charge in [-0.3, -0.25) is 19.4 Å². The molecule has 42 heavy (non-hydrogen) atoms. The lowest BCUT2D eigenvalue weighted by molar-refractivity contribution is -0.138. The quantitative estimate of drug-likeness (QED) is 0.210. The second-order valence-corrected chi connectivity index (χ2v) is 12.2. The number of oxazole rings is 1. The number of likely N-dealkylation sites (tertiary alicyclic amines) is 1. The summed E-state index contributed by atoms with van der Waals surface area (Å²) in [6.07, 6.45) is 14.2. The number of aromatic amines is 1. The number of nitrogens with two attached hydrogens (primary N) is 1. The summed E-state index contributed by atoms with van der Waals surface area (Å²) in [4.78, 5) is 52.6. The van der Waals surface area contributed by atoms with E-state index in [1.165, 1.54) is 42.9 Å². The molecule has 3 atom stereocenters. The Labute approximate surface area is 251 Å². The number of allylic oxidation sites excluding steroid dienone is 2. The van der Waals surface area contributed by atoms with Gasteiger partial charge in [-0.2, -0.15) is 0 Å². The van der Waals surface area contributed by atoms with Gasteiger partial charge < -0.3 is 25.5 Å². The molecule has 12 heteroatoms. The number of rotatable bonds is 11. The summed E-state index contributed by atoms with van der Waals surface area (Å²) in [5, 5.41) is 14.4. The molecule has 4 rings (SSSR count). The highest BCUT2D eigenvalue weighted by Crippen LogP contribution is 2.39. The molecule has 0 bridgehead atoms. The number of carbonyl (C=O) groups is 3. The first-order valence-corrected chi connectivity index (χ1v) is 15.2. The van der Waals surface area contributed by atoms with Crippen LogP contribution in [0.15, 0.2) is 39.6 Å². The molecule has 2 amide bonds. The van der Waals surface area contributed by atoms with Crippen molar-refractivity contribution in [3.63, 3.8) is 0 Å². The predicted molar refractivity (Wildman–Crippen MR) is 165 cm³/mol. The number of anilines is 1. The Hall–Kier alpha value is -3.67. The van der Waals surface area contributed by atoms with E-state index in [2.05, 4.69) is 66.1 Å². The first-order valence-electron chi connectivity index (χ1n) is 14.4. The number of thiazole rings is 1. The second kappa shape index (κ2) is 16.7. The summed E-state index contributed by atoms with van der Waals surface area (Å²) >= 11 is 1.48. The number of hydrogen-bond donors (Lipinski definition) is 4. The number of amides is 2. The second-order valence-electron chi connectivity index (χ2n) is 11.4. The van der Waals surface area contributed by atoms with Crippen molar-refractivity contribution in [3.8, 4) is 0 Å². The number of carboxylic acids is 1. The van der Waals surface area contributed by atoms with Gasteiger partial charge >= 0.3 is 11.7 Å². The van der Waals surface area contributed by atoms with Crippen LogP contribution in [0.1, 0.15) is 84.0 Å². The number of carboxylic acid groups (broad SMARTS) is 1. The van der Waals surface area contributed by atoms with Crippen LogP contribution in [-0.4, -0.2) is 56.9 Å². The predicted octanol–water partition coefficient (Wildman–Crippen LogP) is 4.78. The third-order valence-electron chi connectivity index (χ3n) is 6.84. The minimum absolute atomic E-state index is 0.00748. The minimum atomic E-state index is -0.636. The molecule has 2 aromatic rings. The van der Waals surface area contributed by atoms with E-state index >= 15 is 0 Å². The maximum Gasteiger partial charge on any atom is 0.416 e. The Bertz CT molecular complexity index is 1260. The fraction of sp³-hybridized carbons (Fsp3) is 0.567. The molecule has 3 unspecified atom stereocenters. The molecule has 1 saturated carbocycles. The largest absolute Gasteiger partial charge is 0.481 e. The molecule has 0 aromatic carbocycles. The fourth-order valence-corrected chi connectivity index (χ4v) is 5.14. The topological polar surface area (TPSA) is 172 Å². The lowest BCUT2D eigenvalue weighted by Gasteiger charge is -2.22. The molecule has 1 aliphatic carbocycles. The summed E-state index contributed by atoms with van der Waals surface area (Å²) in [6.45, 7) is 12.6. The van der Waals surface area contributed by atoms with E-state index < -0.39 is 23.7 Å². The number of H-pyrrole nitrogens is 1. The van der Waals surface area contributed by atoms with Crippen molar-refractivity contribution in [2.45, 2.75) is 84.1 Å². The maximum absolute atomic E-state index is 12.2. The number of hydrogen-bond acceptors (Lipinski definition) is 8. The van der Waals surface area contributed by atoms with E-state index in [4.69, 9.17) is 10.8 Å². The van der Waals surface area contributed by atoms with Crippen molar-refractivity contribution in [3.05, 3.63) is 52.3 Å². The smallest absolute Gasteiger partial charge is 0.416 e. The molecule has 1 aliphatic heterocycles. The van der Waals surface area contributed by atoms with Gasteiger partial charge in [0.2, 0.25) is 11.8 Å². The van der Waals surface area contributed by atoms with Gasteiger partial charge in [0.15, 0.2) is 5.13 Å². The summed E-state index contributed by atoms with van der Waals surface area (Å²) in [6, 6.07) is -0.458. The zero-order valence-electron chi connectivity index (χ0n) is 25.1. The monoisotopic (exact) mass is 603 g/mol. The van der Waals surface area contributed by atoms with Crippen molar-refractivity contribution in [2.75, 3.05) is 18.4 Å². The maximum atomic E-state index is 12.2. The molecule has 5 N–H and O–H groups in total. The third kappa shape index (κ3) is 11.7. The fourth-order valence-electron chi connectivity index (χ4n) is 4.20. The van der Waals surface area contributed by atoms with Crippen LogP contribution in [0, 0.1) is 11.8 Å². The number of aromatic nitrogens is 2. The first-order chi connectivity index (χ1) is 19.9. The first kappa shape index (κ1) is 34.5. The number of unbranched alkanes of at least 4 members (excludes halogenated alkanes) is 3. The van der Waals surface area contributed by atoms with Crippen LogP contribution in [0.25, 0.3) is 6.08 Å². The Kier molecular flexibility index (Phi) is 13.7. The highest BCUT2D eigenvalue weighted by atomic mass is 32.1. The van der Waals surface area contributed by atoms with Gasteiger partial charge in [-0.25, -0.2) is 9.78 Å². The molecular weight excluding hydrogens is 558 g/mol. The molecular formula is C30H45N5O6S. The summed E-state index contributed by atoms with van der Waals surface area (Å²) in [5.74, 6) is -1.36. The lowest BCUT2D eigenvalue weighted by atomic mass is 9.93. The van der Waals surface area contributed by atoms with Crippen molar-refractivity contribution in [2.24, 2.45) is 17.6 Å². The standard InChI is InChI=1S/C14H22N4O2S.C11H18O2.C5H5NO2/c1-14(2,3)10-8-21-13(17-10)16-7-11(19)18-6-4-5-9(18)12(15)20;1-2-3-4-5-6-7-9-8-10(9)11(12)13;1-2-4-3-8-5(7)6-4/h8-9H,4-7H2,1-3H3,(H2,15,20)(H,16,17);6-7,9-10H,2-5,8H2,1H3,(H,12,13);2-3H,1H2,(H,6,7)/b;7-6-;. The molecule has 0 spiro atoms. The van der Waals surface area contributed by atoms with Crippen LogP contribution in [0.3, 0.4) is 0 Å². The molecule has 11 nitrogen and oxygen atoms in total. The lowest BCUT2D eigenvalue weighted by Crippen LogP contribution is -2.45. The van der Waals surface area contributed by atoms with Crippen LogP contribution >= 0.6 is 11.3 Å². The number of nitrogens with one attached hydrogen (secondary N) is 2. The van der Waals surface area contributed by atoms with Gasteiger partial charge in [-0.1, -0.05) is 59.3 Å². The number of primary amides is 1. The molecule has 232 valence electrons. The van der Waals surface area contributed by atoms with Gasteiger partial charge in [-0.15, -0.1) is 11.3 Å². The number of carbonyl (C=O) groups excluding carboxylic acids is 2. The minimum Gasteiger partial charge on any atom is -0.481 e. The van der Waals surface area contributed by atoms with Gasteiger partial charge in [-0.05, 0) is 44.1 Å². The van der Waals surface area contributed by atoms with Crippen LogP contribution in [-0.2, 0) is 19.8 Å². The molecule has 2 aliphatic rings. The van der Waals surface area contributed by atoms with E-state index in [0.717, 1.165) is 30.1 Å². The zero-order chi connectivity index (χ0) is 31.3. The SMILES string of the molecule is C=Cc1coc(=O)[nH]1.CC(C)(C)c1csc(NCC(=O)N2CCCC2C(N)=O)n1.CCCCC/C=C\C1CC1C(=O)O. The van der Waals surface area contributed by atoms with Crippen LogP contribution in [0.5, 0.6) is 0 Å². The van der Waals surface area contributed by atoms with E-state index in [0.29, 0.717) is 24.6 Å². The van der Waals surface area contributed by atoms with E-state index in [9.17, 15) is 19.2 Å². The van der Waals surface area contributed by atoms with Gasteiger partial charge in [0.25, 0.3) is 0 Å². The average molecular weight is 604 g/mol. The average Bonchev–Trinajstić information content (AvgIpc) is 3.30. The van der Waals surface area contributed by atoms with E-state index in [1.54, 1.807) is 4.90 Å². The van der Waals surface area contributed by atoms with Crippen molar-refractivity contribution >= 4 is 40.3 Å². The molecule has 1 saturated heterocycles. The van der Waals surface area contributed by atoms with Crippen LogP contribution < -0.4 is 16.8 Å². The Balaban J connectivity index is 0.000000248. The Morgan fingerprint density at radius 3 is 2.57 bits per heavy atom. The number of nitrogens with zero attached hydrogens (tertiary/aromatic N) is 2. The summed E-state index contributed by atoms with van der Waals surface area (Å²) in [7, 11) is 0. The zero-order valence-corrected chi connectivity index (χ0v) is 25.9. The van der Waals surface area contributed by atoms with E-state index in [1.807, 2.05) is 5.38 Å². The molecule has 2 fully saturated rings.